The molecular formula is C50H76FN7O13. The fourth-order valence-electron chi connectivity index (χ4n) is 9.79. The molecule has 14 atom stereocenters. The number of nitrogens with one attached hydrogen (secondary N) is 1. The number of oxazole rings is 1. The molecule has 5 N–H and O–H groups in total. The van der Waals surface area contributed by atoms with Gasteiger partial charge in [-0.15, -0.1) is 0 Å². The number of halogens is 1. The number of alkyl halides is 1. The number of pyridine rings is 1. The van der Waals surface area contributed by atoms with Crippen molar-refractivity contribution in [1.82, 2.24) is 14.9 Å². The summed E-state index contributed by atoms with van der Waals surface area (Å²) in [6.45, 7) is 16.9. The molecule has 2 aromatic heterocycles. The highest BCUT2D eigenvalue weighted by molar-refractivity contribution is 6.08. The largest absolute Gasteiger partial charge is 0.457 e. The number of aliphatic imine (C=N–C) groups is 1. The van der Waals surface area contributed by atoms with E-state index in [1.807, 2.05) is 25.7 Å². The van der Waals surface area contributed by atoms with Gasteiger partial charge in [-0.25, -0.2) is 24.1 Å². The van der Waals surface area contributed by atoms with E-state index in [1.165, 1.54) is 20.1 Å². The first kappa shape index (κ1) is 57.3. The molecule has 3 fully saturated rings. The summed E-state index contributed by atoms with van der Waals surface area (Å²) in [5.74, 6) is -6.00. The molecule has 0 radical (unpaired) electrons. The number of aromatic nitrogens is 2. The molecule has 2 aromatic rings. The van der Waals surface area contributed by atoms with Crippen molar-refractivity contribution in [2.24, 2.45) is 39.6 Å². The Balaban J connectivity index is 1.59. The number of anilines is 1. The van der Waals surface area contributed by atoms with Crippen molar-refractivity contribution in [3.05, 3.63) is 30.2 Å². The van der Waals surface area contributed by atoms with Crippen molar-refractivity contribution in [2.45, 2.75) is 181 Å². The SMILES string of the molecule is CCC(=O)N=C1[C@H](C)C[C@@]2(C)OC/C(=N/OCc3coc(-c4cccc(NC(=O)[C@@H](N)CC(C)C)n4)n3)CO[C@H]([C@H]1C)[C@](C)(O)[C@@H](CC)OC(=O)[C@@](C)(F)C(=O)[C@H](C)[C@H]2O[C@@H]1O[C@H](C)C[C@H](N(C)C)[C@H]1O. The number of ketones is 1. The third-order valence-electron chi connectivity index (χ3n) is 13.7. The van der Waals surface area contributed by atoms with Gasteiger partial charge < -0.3 is 59.1 Å². The Labute approximate surface area is 416 Å². The number of ether oxygens (including phenoxy) is 5. The fourth-order valence-corrected chi connectivity index (χ4v) is 9.79. The van der Waals surface area contributed by atoms with Crippen molar-refractivity contribution in [3.8, 4) is 11.6 Å². The zero-order valence-electron chi connectivity index (χ0n) is 43.5. The third-order valence-corrected chi connectivity index (χ3v) is 13.7. The lowest BCUT2D eigenvalue weighted by atomic mass is 9.73. The number of aliphatic hydroxyl groups is 2. The van der Waals surface area contributed by atoms with Crippen LogP contribution in [0.3, 0.4) is 0 Å². The number of nitrogens with zero attached hydrogens (tertiary/aromatic N) is 5. The lowest BCUT2D eigenvalue weighted by Gasteiger charge is -2.47. The molecule has 0 aliphatic carbocycles. The van der Waals surface area contributed by atoms with E-state index in [1.54, 1.807) is 66.9 Å². The van der Waals surface area contributed by atoms with Crippen molar-refractivity contribution >= 4 is 40.8 Å². The molecule has 3 aliphatic rings. The summed E-state index contributed by atoms with van der Waals surface area (Å²) in [7, 11) is 3.61. The zero-order chi connectivity index (χ0) is 52.7. The Morgan fingerprint density at radius 3 is 2.42 bits per heavy atom. The number of fused-ring (bicyclic) bond motifs is 5. The maximum absolute atomic E-state index is 17.0. The molecule has 71 heavy (non-hydrogen) atoms. The number of hydrogen-bond acceptors (Lipinski definition) is 18. The Kier molecular flexibility index (Phi) is 19.3. The van der Waals surface area contributed by atoms with E-state index < -0.39 is 101 Å². The van der Waals surface area contributed by atoms with Gasteiger partial charge >= 0.3 is 5.97 Å². The van der Waals surface area contributed by atoms with Crippen LogP contribution in [0, 0.1) is 23.7 Å². The van der Waals surface area contributed by atoms with E-state index in [0.717, 1.165) is 6.92 Å². The summed E-state index contributed by atoms with van der Waals surface area (Å²) >= 11 is 0. The molecule has 396 valence electrons. The Hall–Kier alpha value is -4.61. The maximum Gasteiger partial charge on any atom is 0.351 e. The first-order valence-corrected chi connectivity index (χ1v) is 24.6. The minimum absolute atomic E-state index is 0.0377. The van der Waals surface area contributed by atoms with Gasteiger partial charge in [0, 0.05) is 30.0 Å². The molecule has 2 amide bonds. The van der Waals surface area contributed by atoms with Crippen LogP contribution in [0.25, 0.3) is 11.6 Å². The van der Waals surface area contributed by atoms with E-state index in [2.05, 4.69) is 25.4 Å². The van der Waals surface area contributed by atoms with Gasteiger partial charge in [0.1, 0.15) is 47.0 Å². The normalized spacial score (nSPS) is 35.1. The molecule has 0 unspecified atom stereocenters. The number of aliphatic hydroxyl groups excluding tert-OH is 1. The van der Waals surface area contributed by atoms with Gasteiger partial charge in [0.25, 0.3) is 5.67 Å². The second kappa shape index (κ2) is 24.0. The number of esters is 1. The summed E-state index contributed by atoms with van der Waals surface area (Å²) in [6.07, 6.45) is -4.94. The highest BCUT2D eigenvalue weighted by atomic mass is 19.1. The van der Waals surface area contributed by atoms with Gasteiger partial charge in [0.2, 0.25) is 17.7 Å². The summed E-state index contributed by atoms with van der Waals surface area (Å²) in [5, 5.41) is 31.4. The van der Waals surface area contributed by atoms with Crippen LogP contribution in [-0.2, 0) is 54.3 Å². The van der Waals surface area contributed by atoms with Crippen LogP contribution in [0.2, 0.25) is 0 Å². The number of likely N-dealkylation sites (N-methyl/N-ethyl adjacent to an activating group) is 1. The van der Waals surface area contributed by atoms with Crippen LogP contribution in [0.1, 0.15) is 114 Å². The molecule has 0 spiro atoms. The number of Topliss-reactive ketones (excluding diaryl/α,β-unsaturated/α-hetero) is 1. The number of carbonyl (C=O) groups is 4. The van der Waals surface area contributed by atoms with Crippen molar-refractivity contribution < 1.29 is 66.7 Å². The van der Waals surface area contributed by atoms with Gasteiger partial charge in [0.15, 0.2) is 18.7 Å². The topological polar surface area (TPSA) is 269 Å². The van der Waals surface area contributed by atoms with E-state index >= 15 is 4.39 Å². The minimum Gasteiger partial charge on any atom is -0.457 e. The van der Waals surface area contributed by atoms with Crippen LogP contribution >= 0.6 is 0 Å². The monoisotopic (exact) mass is 1000 g/mol. The number of nitrogens with two attached hydrogens (primary N) is 1. The van der Waals surface area contributed by atoms with Crippen LogP contribution in [0.4, 0.5) is 10.2 Å². The standard InChI is InChI=1S/C50H76FN7O13/c1-14-36-50(11,64)43-29(7)39(56-38(59)15-2)27(5)21-48(9,42(30(8)41(61)49(10,51)47(63)70-36)71-46-40(60)35(58(12)13)20-28(6)69-46)67-24-32(23-65-43)57-68-25-31-22-66-45(53-31)34-17-16-18-37(54-34)55-44(62)33(52)19-26(3)4/h16-18,22,26-30,33,35-36,40,42-43,46,60,64H,14-15,19-21,23-25,52H2,1-13H3,(H,54,55,62)/b56-39?,57-32+/t27-,28-,29+,30+,33+,35+,36-,40-,42-,43-,46+,48-,49+,50-/m1/s1. The molecular weight excluding hydrogens is 926 g/mol. The number of rotatable bonds is 13. The second-order valence-electron chi connectivity index (χ2n) is 20.5. The quantitative estimate of drug-likeness (QED) is 0.117. The molecule has 3 aliphatic heterocycles. The molecule has 5 rings (SSSR count). The first-order valence-electron chi connectivity index (χ1n) is 24.6. The molecule has 0 saturated carbocycles. The summed E-state index contributed by atoms with van der Waals surface area (Å²) in [5.41, 5.74) is 0.144. The van der Waals surface area contributed by atoms with Gasteiger partial charge in [0.05, 0.1) is 43.2 Å². The van der Waals surface area contributed by atoms with Crippen molar-refractivity contribution in [2.75, 3.05) is 32.6 Å². The average Bonchev–Trinajstić information content (AvgIpc) is 3.78. The molecule has 3 saturated heterocycles. The lowest BCUT2D eigenvalue weighted by Crippen LogP contribution is -2.61. The highest BCUT2D eigenvalue weighted by Crippen LogP contribution is 2.41. The van der Waals surface area contributed by atoms with Gasteiger partial charge in [-0.1, -0.05) is 59.7 Å². The summed E-state index contributed by atoms with van der Waals surface area (Å²) in [6, 6.07) is 3.80. The number of amides is 2. The first-order chi connectivity index (χ1) is 33.2. The van der Waals surface area contributed by atoms with Crippen LogP contribution in [0.5, 0.6) is 0 Å². The second-order valence-corrected chi connectivity index (χ2v) is 20.5. The molecule has 0 aromatic carbocycles. The molecule has 2 bridgehead atoms. The van der Waals surface area contributed by atoms with Crippen LogP contribution in [-0.4, -0.2) is 153 Å². The lowest BCUT2D eigenvalue weighted by molar-refractivity contribution is -0.296. The molecule has 20 nitrogen and oxygen atoms in total. The third kappa shape index (κ3) is 13.7. The van der Waals surface area contributed by atoms with E-state index in [0.29, 0.717) is 29.9 Å². The maximum atomic E-state index is 17.0. The van der Waals surface area contributed by atoms with E-state index in [-0.39, 0.29) is 68.3 Å². The fraction of sp³-hybridized carbons (Fsp3) is 0.720. The minimum atomic E-state index is -3.26. The van der Waals surface area contributed by atoms with Gasteiger partial charge in [-0.2, -0.15) is 0 Å². The average molecular weight is 1000 g/mol. The number of hydrogen-bond donors (Lipinski definition) is 4. The van der Waals surface area contributed by atoms with E-state index in [9.17, 15) is 29.4 Å². The van der Waals surface area contributed by atoms with Crippen molar-refractivity contribution in [1.29, 1.82) is 0 Å². The van der Waals surface area contributed by atoms with Crippen LogP contribution < -0.4 is 11.1 Å². The molecule has 5 heterocycles. The predicted molar refractivity (Wildman–Crippen MR) is 260 cm³/mol. The predicted octanol–water partition coefficient (Wildman–Crippen LogP) is 4.97. The number of cyclic esters (lactones) is 1. The number of oxime groups is 1. The van der Waals surface area contributed by atoms with Gasteiger partial charge in [-0.05, 0) is 91.4 Å². The van der Waals surface area contributed by atoms with Crippen molar-refractivity contribution in [3.63, 3.8) is 0 Å². The Morgan fingerprint density at radius 2 is 1.77 bits per heavy atom. The molecule has 21 heteroatoms. The Bertz CT molecular complexity index is 2240. The summed E-state index contributed by atoms with van der Waals surface area (Å²) < 4.78 is 54.8. The number of carbonyl (C=O) groups excluding carboxylic acids is 4. The van der Waals surface area contributed by atoms with Gasteiger partial charge in [-0.3, -0.25) is 14.4 Å². The highest BCUT2D eigenvalue weighted by Gasteiger charge is 2.57. The van der Waals surface area contributed by atoms with Crippen LogP contribution in [0.15, 0.2) is 39.0 Å². The summed E-state index contributed by atoms with van der Waals surface area (Å²) in [4.78, 5) is 75.7. The van der Waals surface area contributed by atoms with E-state index in [4.69, 9.17) is 38.7 Å². The smallest absolute Gasteiger partial charge is 0.351 e. The zero-order valence-corrected chi connectivity index (χ0v) is 43.5. The Morgan fingerprint density at radius 1 is 1.07 bits per heavy atom.